The van der Waals surface area contributed by atoms with Crippen molar-refractivity contribution in [1.82, 2.24) is 19.7 Å². The lowest BCUT2D eigenvalue weighted by Crippen LogP contribution is -2.37. The molecule has 1 heterocycles. The summed E-state index contributed by atoms with van der Waals surface area (Å²) in [4.78, 5) is 18.5. The number of hydrogen-bond acceptors (Lipinski definition) is 4. The summed E-state index contributed by atoms with van der Waals surface area (Å²) < 4.78 is 15.9. The van der Waals surface area contributed by atoms with Gasteiger partial charge >= 0.3 is 0 Å². The van der Waals surface area contributed by atoms with Gasteiger partial charge in [0, 0.05) is 25.2 Å². The van der Waals surface area contributed by atoms with E-state index in [0.717, 1.165) is 5.56 Å². The summed E-state index contributed by atoms with van der Waals surface area (Å²) in [5.74, 6) is -0.495. The normalized spacial score (nSPS) is 11.1. The van der Waals surface area contributed by atoms with Crippen LogP contribution in [-0.4, -0.2) is 36.7 Å². The van der Waals surface area contributed by atoms with Gasteiger partial charge in [0.1, 0.15) is 12.1 Å². The van der Waals surface area contributed by atoms with Gasteiger partial charge in [0.25, 0.3) is 5.91 Å². The smallest absolute Gasteiger partial charge is 0.294 e. The van der Waals surface area contributed by atoms with E-state index in [4.69, 9.17) is 0 Å². The standard InChI is InChI=1S/C21H23FN4O2/c1-14(2)26(21(28)20-23-13-25(3)24-20)11-15-7-8-19(22)18(10-15)17-6-4-5-16(9-17)12-27/h4-10,13-14,27H,11-12H2,1-3H3. The quantitative estimate of drug-likeness (QED) is 0.711. The van der Waals surface area contributed by atoms with Crippen LogP contribution in [0.25, 0.3) is 11.1 Å². The minimum atomic E-state index is -0.354. The molecule has 3 rings (SSSR count). The average molecular weight is 382 g/mol. The Morgan fingerprint density at radius 2 is 2.00 bits per heavy atom. The Morgan fingerprint density at radius 3 is 2.64 bits per heavy atom. The number of carbonyl (C=O) groups is 1. The highest BCUT2D eigenvalue weighted by molar-refractivity contribution is 5.90. The second-order valence-electron chi connectivity index (χ2n) is 6.94. The topological polar surface area (TPSA) is 71.2 Å². The Morgan fingerprint density at radius 1 is 1.21 bits per heavy atom. The number of aliphatic hydroxyl groups is 1. The summed E-state index contributed by atoms with van der Waals surface area (Å²) >= 11 is 0. The Bertz CT molecular complexity index is 984. The zero-order chi connectivity index (χ0) is 20.3. The van der Waals surface area contributed by atoms with E-state index in [1.165, 1.54) is 17.1 Å². The minimum absolute atomic E-state index is 0.0810. The molecular weight excluding hydrogens is 359 g/mol. The number of nitrogens with zero attached hydrogens (tertiary/aromatic N) is 4. The second kappa shape index (κ2) is 8.31. The van der Waals surface area contributed by atoms with Gasteiger partial charge in [0.15, 0.2) is 0 Å². The molecule has 0 radical (unpaired) electrons. The molecule has 0 aliphatic heterocycles. The van der Waals surface area contributed by atoms with Crippen LogP contribution in [0.15, 0.2) is 48.8 Å². The SMILES string of the molecule is CC(C)N(Cc1ccc(F)c(-c2cccc(CO)c2)c1)C(=O)c1ncn(C)n1. The van der Waals surface area contributed by atoms with Crippen molar-refractivity contribution < 1.29 is 14.3 Å². The molecule has 1 aromatic heterocycles. The van der Waals surface area contributed by atoms with Crippen LogP contribution in [0.2, 0.25) is 0 Å². The van der Waals surface area contributed by atoms with Crippen LogP contribution in [0.3, 0.4) is 0 Å². The molecule has 7 heteroatoms. The number of carbonyl (C=O) groups excluding carboxylic acids is 1. The first-order valence-electron chi connectivity index (χ1n) is 9.04. The molecule has 0 aliphatic rings. The van der Waals surface area contributed by atoms with Gasteiger partial charge in [0.05, 0.1) is 6.61 Å². The van der Waals surface area contributed by atoms with E-state index < -0.39 is 0 Å². The molecular formula is C21H23FN4O2. The highest BCUT2D eigenvalue weighted by Gasteiger charge is 2.23. The molecule has 0 bridgehead atoms. The highest BCUT2D eigenvalue weighted by atomic mass is 19.1. The number of aliphatic hydroxyl groups excluding tert-OH is 1. The maximum Gasteiger partial charge on any atom is 0.294 e. The third kappa shape index (κ3) is 4.26. The molecule has 2 aromatic carbocycles. The average Bonchev–Trinajstić information content (AvgIpc) is 3.13. The van der Waals surface area contributed by atoms with Crippen LogP contribution in [0.4, 0.5) is 4.39 Å². The molecule has 0 fully saturated rings. The first kappa shape index (κ1) is 19.7. The van der Waals surface area contributed by atoms with E-state index in [-0.39, 0.29) is 30.2 Å². The predicted octanol–water partition coefficient (Wildman–Crippen LogP) is 3.16. The van der Waals surface area contributed by atoms with E-state index in [2.05, 4.69) is 10.1 Å². The van der Waals surface area contributed by atoms with Crippen molar-refractivity contribution in [2.75, 3.05) is 0 Å². The first-order valence-corrected chi connectivity index (χ1v) is 9.04. The Labute approximate surface area is 163 Å². The Hall–Kier alpha value is -3.06. The molecule has 28 heavy (non-hydrogen) atoms. The van der Waals surface area contributed by atoms with Gasteiger partial charge in [-0.25, -0.2) is 9.37 Å². The second-order valence-corrected chi connectivity index (χ2v) is 6.94. The van der Waals surface area contributed by atoms with E-state index >= 15 is 0 Å². The largest absolute Gasteiger partial charge is 0.392 e. The molecule has 0 atom stereocenters. The number of aryl methyl sites for hydroxylation is 1. The molecule has 1 amide bonds. The van der Waals surface area contributed by atoms with Gasteiger partial charge in [-0.2, -0.15) is 0 Å². The third-order valence-corrected chi connectivity index (χ3v) is 4.48. The molecule has 0 spiro atoms. The monoisotopic (exact) mass is 382 g/mol. The number of amides is 1. The van der Waals surface area contributed by atoms with Crippen LogP contribution in [0.1, 0.15) is 35.6 Å². The maximum atomic E-state index is 14.4. The maximum absolute atomic E-state index is 14.4. The van der Waals surface area contributed by atoms with Gasteiger partial charge in [0.2, 0.25) is 5.82 Å². The van der Waals surface area contributed by atoms with Crippen molar-refractivity contribution in [3.05, 3.63) is 71.6 Å². The lowest BCUT2D eigenvalue weighted by Gasteiger charge is -2.26. The fraction of sp³-hybridized carbons (Fsp3) is 0.286. The number of aromatic nitrogens is 3. The molecule has 0 unspecified atom stereocenters. The van der Waals surface area contributed by atoms with E-state index in [1.807, 2.05) is 13.8 Å². The summed E-state index contributed by atoms with van der Waals surface area (Å²) in [7, 11) is 1.70. The lowest BCUT2D eigenvalue weighted by molar-refractivity contribution is 0.0677. The number of hydrogen-bond donors (Lipinski definition) is 1. The van der Waals surface area contributed by atoms with E-state index in [1.54, 1.807) is 48.3 Å². The fourth-order valence-electron chi connectivity index (χ4n) is 2.98. The van der Waals surface area contributed by atoms with Gasteiger partial charge in [-0.3, -0.25) is 9.48 Å². The van der Waals surface area contributed by atoms with E-state index in [0.29, 0.717) is 23.2 Å². The van der Waals surface area contributed by atoms with Crippen LogP contribution < -0.4 is 0 Å². The van der Waals surface area contributed by atoms with Crippen LogP contribution >= 0.6 is 0 Å². The number of halogens is 1. The van der Waals surface area contributed by atoms with E-state index in [9.17, 15) is 14.3 Å². The number of benzene rings is 2. The molecule has 0 saturated carbocycles. The summed E-state index contributed by atoms with van der Waals surface area (Å²) in [6.07, 6.45) is 1.48. The van der Waals surface area contributed by atoms with Gasteiger partial charge in [-0.15, -0.1) is 5.10 Å². The van der Waals surface area contributed by atoms with Gasteiger partial charge in [-0.1, -0.05) is 24.3 Å². The molecule has 0 saturated heterocycles. The third-order valence-electron chi connectivity index (χ3n) is 4.48. The fourth-order valence-corrected chi connectivity index (χ4v) is 2.98. The summed E-state index contributed by atoms with van der Waals surface area (Å²) in [5, 5.41) is 13.4. The Balaban J connectivity index is 1.91. The van der Waals surface area contributed by atoms with Crippen LogP contribution in [-0.2, 0) is 20.2 Å². The highest BCUT2D eigenvalue weighted by Crippen LogP contribution is 2.26. The zero-order valence-corrected chi connectivity index (χ0v) is 16.1. The van der Waals surface area contributed by atoms with Crippen molar-refractivity contribution in [2.45, 2.75) is 33.0 Å². The zero-order valence-electron chi connectivity index (χ0n) is 16.1. The molecule has 146 valence electrons. The van der Waals surface area contributed by atoms with Crippen LogP contribution in [0, 0.1) is 5.82 Å². The first-order chi connectivity index (χ1) is 13.4. The van der Waals surface area contributed by atoms with Gasteiger partial charge < -0.3 is 10.0 Å². The molecule has 1 N–H and O–H groups in total. The minimum Gasteiger partial charge on any atom is -0.392 e. The lowest BCUT2D eigenvalue weighted by atomic mass is 10.00. The molecule has 6 nitrogen and oxygen atoms in total. The van der Waals surface area contributed by atoms with Gasteiger partial charge in [-0.05, 0) is 48.7 Å². The number of rotatable bonds is 6. The summed E-state index contributed by atoms with van der Waals surface area (Å²) in [5.41, 5.74) is 2.62. The van der Waals surface area contributed by atoms with Crippen molar-refractivity contribution in [3.63, 3.8) is 0 Å². The predicted molar refractivity (Wildman–Crippen MR) is 104 cm³/mol. The Kier molecular flexibility index (Phi) is 5.84. The summed E-state index contributed by atoms with van der Waals surface area (Å²) in [6, 6.07) is 11.8. The summed E-state index contributed by atoms with van der Waals surface area (Å²) in [6.45, 7) is 4.02. The van der Waals surface area contributed by atoms with Crippen molar-refractivity contribution in [1.29, 1.82) is 0 Å². The van der Waals surface area contributed by atoms with Crippen molar-refractivity contribution >= 4 is 5.91 Å². The molecule has 3 aromatic rings. The van der Waals surface area contributed by atoms with Crippen LogP contribution in [0.5, 0.6) is 0 Å². The van der Waals surface area contributed by atoms with Crippen molar-refractivity contribution in [3.8, 4) is 11.1 Å². The molecule has 0 aliphatic carbocycles. The van der Waals surface area contributed by atoms with Crippen molar-refractivity contribution in [2.24, 2.45) is 7.05 Å².